The monoisotopic (exact) mass is 251 g/mol. The summed E-state index contributed by atoms with van der Waals surface area (Å²) in [6.07, 6.45) is 6.14. The molecule has 1 aliphatic carbocycles. The number of benzene rings is 1. The maximum atomic E-state index is 12.1. The summed E-state index contributed by atoms with van der Waals surface area (Å²) in [6, 6.07) is 8.07. The predicted molar refractivity (Wildman–Crippen MR) is 73.8 cm³/mol. The van der Waals surface area contributed by atoms with Crippen LogP contribution in [-0.2, 0) is 4.79 Å². The first kappa shape index (κ1) is 10.6. The van der Waals surface area contributed by atoms with Crippen LogP contribution in [0.25, 0.3) is 11.8 Å². The summed E-state index contributed by atoms with van der Waals surface area (Å²) >= 11 is 0. The van der Waals surface area contributed by atoms with Gasteiger partial charge in [-0.25, -0.2) is 5.43 Å². The lowest BCUT2D eigenvalue weighted by molar-refractivity contribution is -0.116. The molecule has 2 N–H and O–H groups in total. The van der Waals surface area contributed by atoms with E-state index in [-0.39, 0.29) is 5.91 Å². The van der Waals surface area contributed by atoms with E-state index in [1.165, 1.54) is 0 Å². The van der Waals surface area contributed by atoms with Crippen molar-refractivity contribution < 1.29 is 4.79 Å². The van der Waals surface area contributed by atoms with Crippen LogP contribution in [0.4, 0.5) is 0 Å². The number of hydrazone groups is 1. The Morgan fingerprint density at radius 1 is 1.21 bits per heavy atom. The second-order valence-corrected chi connectivity index (χ2v) is 5.03. The molecular formula is C15H13N3O. The summed E-state index contributed by atoms with van der Waals surface area (Å²) in [5.74, 6) is 0.343. The van der Waals surface area contributed by atoms with Crippen molar-refractivity contribution in [2.24, 2.45) is 11.0 Å². The van der Waals surface area contributed by atoms with Gasteiger partial charge in [0.2, 0.25) is 0 Å². The highest BCUT2D eigenvalue weighted by atomic mass is 16.2. The van der Waals surface area contributed by atoms with Gasteiger partial charge in [0.1, 0.15) is 0 Å². The van der Waals surface area contributed by atoms with Crippen LogP contribution in [0.1, 0.15) is 24.0 Å². The van der Waals surface area contributed by atoms with Crippen LogP contribution in [0.15, 0.2) is 41.1 Å². The van der Waals surface area contributed by atoms with Crippen LogP contribution < -0.4 is 10.7 Å². The summed E-state index contributed by atoms with van der Waals surface area (Å²) in [4.78, 5) is 12.1. The maximum Gasteiger partial charge on any atom is 0.275 e. The standard InChI is InChI=1S/C15H13N3O/c19-15-12(13(17-18-15)10-5-6-10)14-11-4-2-1-3-9(11)7-8-16-14/h1-4,7-8,10,16H,5-6H2,(H,18,19)/b14-12+. The molecule has 19 heavy (non-hydrogen) atoms. The molecule has 1 aromatic rings. The van der Waals surface area contributed by atoms with Gasteiger partial charge < -0.3 is 5.32 Å². The van der Waals surface area contributed by atoms with E-state index in [2.05, 4.69) is 15.8 Å². The Hall–Kier alpha value is -2.36. The molecule has 4 nitrogen and oxygen atoms in total. The van der Waals surface area contributed by atoms with Gasteiger partial charge in [-0.2, -0.15) is 5.10 Å². The molecule has 1 amide bonds. The minimum absolute atomic E-state index is 0.102. The second-order valence-electron chi connectivity index (χ2n) is 5.03. The van der Waals surface area contributed by atoms with Crippen molar-refractivity contribution >= 4 is 23.4 Å². The van der Waals surface area contributed by atoms with Gasteiger partial charge in [0.15, 0.2) is 0 Å². The molecule has 0 radical (unpaired) electrons. The molecule has 4 rings (SSSR count). The summed E-state index contributed by atoms with van der Waals surface area (Å²) in [5.41, 5.74) is 7.28. The Morgan fingerprint density at radius 3 is 2.89 bits per heavy atom. The Labute approximate surface area is 110 Å². The first-order valence-electron chi connectivity index (χ1n) is 6.49. The zero-order valence-electron chi connectivity index (χ0n) is 10.3. The van der Waals surface area contributed by atoms with Gasteiger partial charge in [0.25, 0.3) is 5.91 Å². The van der Waals surface area contributed by atoms with E-state index in [1.54, 1.807) is 0 Å². The van der Waals surface area contributed by atoms with Gasteiger partial charge in [-0.3, -0.25) is 4.79 Å². The smallest absolute Gasteiger partial charge is 0.275 e. The Bertz CT molecular complexity index is 666. The van der Waals surface area contributed by atoms with Crippen molar-refractivity contribution in [1.29, 1.82) is 0 Å². The van der Waals surface area contributed by atoms with Crippen molar-refractivity contribution in [3.63, 3.8) is 0 Å². The predicted octanol–water partition coefficient (Wildman–Crippen LogP) is 1.87. The van der Waals surface area contributed by atoms with Crippen LogP contribution in [0.3, 0.4) is 0 Å². The molecule has 1 saturated carbocycles. The van der Waals surface area contributed by atoms with E-state index in [9.17, 15) is 4.79 Å². The number of fused-ring (bicyclic) bond motifs is 1. The normalized spacial score (nSPS) is 24.6. The van der Waals surface area contributed by atoms with Gasteiger partial charge in [-0.15, -0.1) is 0 Å². The number of hydrogen-bond donors (Lipinski definition) is 2. The fourth-order valence-electron chi connectivity index (χ4n) is 2.60. The highest BCUT2D eigenvalue weighted by Crippen LogP contribution is 2.37. The lowest BCUT2D eigenvalue weighted by Gasteiger charge is -2.18. The topological polar surface area (TPSA) is 53.5 Å². The molecule has 0 spiro atoms. The zero-order chi connectivity index (χ0) is 12.8. The van der Waals surface area contributed by atoms with Gasteiger partial charge in [0, 0.05) is 17.7 Å². The number of carbonyl (C=O) groups is 1. The Kier molecular flexibility index (Phi) is 2.12. The molecule has 2 heterocycles. The SMILES string of the molecule is O=C1NN=C(C2CC2)/C1=C1\NC=Cc2ccccc21. The molecule has 4 heteroatoms. The van der Waals surface area contributed by atoms with Crippen LogP contribution in [0, 0.1) is 5.92 Å². The number of nitrogens with zero attached hydrogens (tertiary/aromatic N) is 1. The van der Waals surface area contributed by atoms with Crippen LogP contribution in [0.2, 0.25) is 0 Å². The molecule has 1 fully saturated rings. The lowest BCUT2D eigenvalue weighted by atomic mass is 9.95. The van der Waals surface area contributed by atoms with Crippen LogP contribution in [0.5, 0.6) is 0 Å². The first-order valence-corrected chi connectivity index (χ1v) is 6.49. The summed E-state index contributed by atoms with van der Waals surface area (Å²) in [7, 11) is 0. The van der Waals surface area contributed by atoms with Crippen LogP contribution in [-0.4, -0.2) is 11.6 Å². The fourth-order valence-corrected chi connectivity index (χ4v) is 2.60. The average molecular weight is 251 g/mol. The fraction of sp³-hybridized carbons (Fsp3) is 0.200. The number of amides is 1. The third-order valence-electron chi connectivity index (χ3n) is 3.70. The van der Waals surface area contributed by atoms with Crippen molar-refractivity contribution in [3.8, 4) is 0 Å². The minimum Gasteiger partial charge on any atom is -0.360 e. The van der Waals surface area contributed by atoms with Crippen molar-refractivity contribution in [2.45, 2.75) is 12.8 Å². The lowest BCUT2D eigenvalue weighted by Crippen LogP contribution is -2.21. The molecule has 2 aliphatic heterocycles. The third-order valence-corrected chi connectivity index (χ3v) is 3.70. The summed E-state index contributed by atoms with van der Waals surface area (Å²) in [6.45, 7) is 0. The molecule has 0 saturated heterocycles. The molecule has 1 aromatic carbocycles. The van der Waals surface area contributed by atoms with Gasteiger partial charge in [-0.1, -0.05) is 24.3 Å². The van der Waals surface area contributed by atoms with Gasteiger partial charge in [0.05, 0.1) is 17.0 Å². The molecule has 0 aromatic heterocycles. The number of carbonyl (C=O) groups excluding carboxylic acids is 1. The maximum absolute atomic E-state index is 12.1. The second kappa shape index (κ2) is 3.82. The average Bonchev–Trinajstić information content (AvgIpc) is 3.22. The molecule has 0 bridgehead atoms. The Balaban J connectivity index is 1.91. The van der Waals surface area contributed by atoms with Gasteiger partial charge >= 0.3 is 0 Å². The number of hydrogen-bond acceptors (Lipinski definition) is 3. The quantitative estimate of drug-likeness (QED) is 0.749. The Morgan fingerprint density at radius 2 is 2.05 bits per heavy atom. The molecule has 0 atom stereocenters. The van der Waals surface area contributed by atoms with E-state index in [4.69, 9.17) is 0 Å². The highest BCUT2D eigenvalue weighted by Gasteiger charge is 2.38. The van der Waals surface area contributed by atoms with E-state index in [0.29, 0.717) is 11.5 Å². The van der Waals surface area contributed by atoms with E-state index >= 15 is 0 Å². The van der Waals surface area contributed by atoms with Crippen molar-refractivity contribution in [3.05, 3.63) is 47.2 Å². The molecular weight excluding hydrogens is 238 g/mol. The third kappa shape index (κ3) is 1.60. The zero-order valence-corrected chi connectivity index (χ0v) is 10.3. The van der Waals surface area contributed by atoms with E-state index in [1.807, 2.05) is 36.5 Å². The van der Waals surface area contributed by atoms with Gasteiger partial charge in [-0.05, 0) is 24.5 Å². The molecule has 0 unspecified atom stereocenters. The molecule has 94 valence electrons. The minimum atomic E-state index is -0.102. The molecule has 3 aliphatic rings. The van der Waals surface area contributed by atoms with E-state index in [0.717, 1.165) is 35.4 Å². The van der Waals surface area contributed by atoms with Crippen molar-refractivity contribution in [2.75, 3.05) is 0 Å². The highest BCUT2D eigenvalue weighted by molar-refractivity contribution is 6.30. The number of nitrogens with one attached hydrogen (secondary N) is 2. The largest absolute Gasteiger partial charge is 0.360 e. The number of rotatable bonds is 1. The van der Waals surface area contributed by atoms with E-state index < -0.39 is 0 Å². The van der Waals surface area contributed by atoms with Crippen molar-refractivity contribution in [1.82, 2.24) is 10.7 Å². The first-order chi connectivity index (χ1) is 9.34. The van der Waals surface area contributed by atoms with Crippen LogP contribution >= 0.6 is 0 Å². The summed E-state index contributed by atoms with van der Waals surface area (Å²) < 4.78 is 0. The summed E-state index contributed by atoms with van der Waals surface area (Å²) in [5, 5.41) is 7.42.